The molecule has 1 atom stereocenters. The highest BCUT2D eigenvalue weighted by Gasteiger charge is 2.35. The molecule has 0 aliphatic rings. The quantitative estimate of drug-likeness (QED) is 0.204. The molecule has 3 aromatic rings. The van der Waals surface area contributed by atoms with E-state index in [1.165, 1.54) is 31.2 Å². The third-order valence-electron chi connectivity index (χ3n) is 6.06. The fourth-order valence-electron chi connectivity index (χ4n) is 3.79. The first-order valence-corrected chi connectivity index (χ1v) is 11.8. The highest BCUT2D eigenvalue weighted by Crippen LogP contribution is 2.33. The van der Waals surface area contributed by atoms with Crippen molar-refractivity contribution in [2.45, 2.75) is 32.0 Å². The maximum Gasteiger partial charge on any atom is 0.342 e. The standard InChI is InChI=1S/C30H30O8/c1-6-26(31)37-30(4,38-28(34)25-10-8-7-9-24(25)27(32)33)19-36-23-17-13-21(14-18-23)29(2,3)20-11-15-22(35-5)16-12-20/h6-18H,1,19H2,2-5H3,(H,32,33). The van der Waals surface area contributed by atoms with Crippen LogP contribution < -0.4 is 9.47 Å². The van der Waals surface area contributed by atoms with Crippen LogP contribution in [0, 0.1) is 0 Å². The molecule has 0 bridgehead atoms. The van der Waals surface area contributed by atoms with Gasteiger partial charge in [0.05, 0.1) is 18.2 Å². The summed E-state index contributed by atoms with van der Waals surface area (Å²) in [5.41, 5.74) is 1.40. The molecule has 0 aliphatic heterocycles. The van der Waals surface area contributed by atoms with Crippen LogP contribution in [0.3, 0.4) is 0 Å². The number of carboxylic acids is 1. The fourth-order valence-corrected chi connectivity index (χ4v) is 3.79. The molecule has 0 saturated carbocycles. The number of hydrogen-bond acceptors (Lipinski definition) is 7. The molecule has 0 saturated heterocycles. The molecule has 38 heavy (non-hydrogen) atoms. The van der Waals surface area contributed by atoms with E-state index >= 15 is 0 Å². The fraction of sp³-hybridized carbons (Fsp3) is 0.233. The summed E-state index contributed by atoms with van der Waals surface area (Å²) in [6, 6.07) is 20.8. The Labute approximate surface area is 221 Å². The normalized spacial score (nSPS) is 12.5. The lowest BCUT2D eigenvalue weighted by atomic mass is 9.78. The molecule has 0 fully saturated rings. The minimum absolute atomic E-state index is 0.189. The van der Waals surface area contributed by atoms with Gasteiger partial charge in [0.1, 0.15) is 11.5 Å². The lowest BCUT2D eigenvalue weighted by Crippen LogP contribution is -2.42. The molecular weight excluding hydrogens is 488 g/mol. The van der Waals surface area contributed by atoms with Crippen molar-refractivity contribution in [3.63, 3.8) is 0 Å². The molecule has 0 heterocycles. The molecule has 1 N–H and O–H groups in total. The predicted molar refractivity (Wildman–Crippen MR) is 141 cm³/mol. The van der Waals surface area contributed by atoms with Crippen LogP contribution >= 0.6 is 0 Å². The first-order valence-electron chi connectivity index (χ1n) is 11.8. The monoisotopic (exact) mass is 518 g/mol. The molecule has 3 aromatic carbocycles. The minimum atomic E-state index is -1.87. The van der Waals surface area contributed by atoms with Gasteiger partial charge in [-0.05, 0) is 47.5 Å². The third-order valence-corrected chi connectivity index (χ3v) is 6.06. The number of rotatable bonds is 11. The van der Waals surface area contributed by atoms with Gasteiger partial charge in [-0.15, -0.1) is 0 Å². The highest BCUT2D eigenvalue weighted by atomic mass is 16.7. The Kier molecular flexibility index (Phi) is 8.57. The van der Waals surface area contributed by atoms with Gasteiger partial charge in [-0.25, -0.2) is 14.4 Å². The summed E-state index contributed by atoms with van der Waals surface area (Å²) in [7, 11) is 1.62. The summed E-state index contributed by atoms with van der Waals surface area (Å²) in [6.07, 6.45) is 0.924. The summed E-state index contributed by atoms with van der Waals surface area (Å²) in [6.45, 7) is 8.56. The van der Waals surface area contributed by atoms with E-state index in [1.807, 2.05) is 36.4 Å². The average Bonchev–Trinajstić information content (AvgIpc) is 2.92. The molecule has 0 aromatic heterocycles. The number of benzene rings is 3. The van der Waals surface area contributed by atoms with E-state index in [9.17, 15) is 19.5 Å². The van der Waals surface area contributed by atoms with Gasteiger partial charge < -0.3 is 24.1 Å². The van der Waals surface area contributed by atoms with Crippen LogP contribution in [0.15, 0.2) is 85.5 Å². The maximum atomic E-state index is 12.8. The van der Waals surface area contributed by atoms with E-state index in [0.717, 1.165) is 23.0 Å². The topological polar surface area (TPSA) is 108 Å². The van der Waals surface area contributed by atoms with Crippen molar-refractivity contribution in [3.8, 4) is 11.5 Å². The molecule has 3 rings (SSSR count). The molecule has 198 valence electrons. The van der Waals surface area contributed by atoms with Crippen molar-refractivity contribution in [2.75, 3.05) is 13.7 Å². The first kappa shape index (κ1) is 28.0. The number of aromatic carboxylic acids is 1. The number of esters is 2. The van der Waals surface area contributed by atoms with Gasteiger partial charge >= 0.3 is 17.9 Å². The van der Waals surface area contributed by atoms with Crippen LogP contribution in [0.2, 0.25) is 0 Å². The average molecular weight is 519 g/mol. The molecule has 1 unspecified atom stereocenters. The summed E-state index contributed by atoms with van der Waals surface area (Å²) >= 11 is 0. The Morgan fingerprint density at radius 2 is 1.34 bits per heavy atom. The molecule has 0 amide bonds. The zero-order chi connectivity index (χ0) is 27.9. The van der Waals surface area contributed by atoms with Crippen LogP contribution in [0.25, 0.3) is 0 Å². The number of ether oxygens (including phenoxy) is 4. The van der Waals surface area contributed by atoms with Gasteiger partial charge in [-0.2, -0.15) is 0 Å². The van der Waals surface area contributed by atoms with E-state index in [2.05, 4.69) is 20.4 Å². The van der Waals surface area contributed by atoms with Crippen molar-refractivity contribution >= 4 is 17.9 Å². The minimum Gasteiger partial charge on any atom is -0.497 e. The van der Waals surface area contributed by atoms with Gasteiger partial charge in [0, 0.05) is 18.4 Å². The van der Waals surface area contributed by atoms with Crippen molar-refractivity contribution < 1.29 is 38.4 Å². The largest absolute Gasteiger partial charge is 0.497 e. The second-order valence-corrected chi connectivity index (χ2v) is 9.17. The van der Waals surface area contributed by atoms with Gasteiger partial charge in [-0.1, -0.05) is 56.8 Å². The van der Waals surface area contributed by atoms with E-state index in [0.29, 0.717) is 5.75 Å². The van der Waals surface area contributed by atoms with Crippen LogP contribution in [-0.4, -0.2) is 42.5 Å². The SMILES string of the molecule is C=CC(=O)OC(C)(COc1ccc(C(C)(C)c2ccc(OC)cc2)cc1)OC(=O)c1ccccc1C(=O)O. The molecular formula is C30H30O8. The lowest BCUT2D eigenvalue weighted by Gasteiger charge is -2.29. The Hall–Kier alpha value is -4.59. The third kappa shape index (κ3) is 6.59. The van der Waals surface area contributed by atoms with Crippen LogP contribution in [0.1, 0.15) is 52.6 Å². The van der Waals surface area contributed by atoms with Crippen LogP contribution in [0.5, 0.6) is 11.5 Å². The first-order chi connectivity index (χ1) is 18.0. The van der Waals surface area contributed by atoms with Crippen molar-refractivity contribution in [3.05, 3.63) is 108 Å². The number of carbonyl (C=O) groups is 3. The highest BCUT2D eigenvalue weighted by molar-refractivity contribution is 6.02. The number of hydrogen-bond donors (Lipinski definition) is 1. The van der Waals surface area contributed by atoms with Gasteiger partial charge in [0.2, 0.25) is 0 Å². The van der Waals surface area contributed by atoms with Crippen LogP contribution in [-0.2, 0) is 19.7 Å². The Morgan fingerprint density at radius 3 is 1.84 bits per heavy atom. The van der Waals surface area contributed by atoms with Crippen molar-refractivity contribution in [1.82, 2.24) is 0 Å². The number of carbonyl (C=O) groups excluding carboxylic acids is 2. The predicted octanol–water partition coefficient (Wildman–Crippen LogP) is 5.40. The van der Waals surface area contributed by atoms with E-state index in [-0.39, 0.29) is 23.1 Å². The zero-order valence-electron chi connectivity index (χ0n) is 21.7. The van der Waals surface area contributed by atoms with E-state index < -0.39 is 23.7 Å². The van der Waals surface area contributed by atoms with Crippen LogP contribution in [0.4, 0.5) is 0 Å². The van der Waals surface area contributed by atoms with Gasteiger partial charge in [-0.3, -0.25) is 0 Å². The Balaban J connectivity index is 1.77. The summed E-state index contributed by atoms with van der Waals surface area (Å²) in [5.74, 6) is -3.76. The van der Waals surface area contributed by atoms with E-state index in [4.69, 9.17) is 18.9 Å². The number of methoxy groups -OCH3 is 1. The van der Waals surface area contributed by atoms with Crippen molar-refractivity contribution in [1.29, 1.82) is 0 Å². The smallest absolute Gasteiger partial charge is 0.342 e. The summed E-state index contributed by atoms with van der Waals surface area (Å²) in [5, 5.41) is 9.39. The molecule has 8 heteroatoms. The second-order valence-electron chi connectivity index (χ2n) is 9.17. The molecule has 0 radical (unpaired) electrons. The Morgan fingerprint density at radius 1 is 0.816 bits per heavy atom. The zero-order valence-corrected chi connectivity index (χ0v) is 21.7. The Bertz CT molecular complexity index is 1310. The van der Waals surface area contributed by atoms with Gasteiger partial charge in [0.25, 0.3) is 5.79 Å². The summed E-state index contributed by atoms with van der Waals surface area (Å²) in [4.78, 5) is 36.3. The maximum absolute atomic E-state index is 12.8. The molecule has 0 spiro atoms. The van der Waals surface area contributed by atoms with E-state index in [1.54, 1.807) is 19.2 Å². The number of carboxylic acid groups (broad SMARTS) is 1. The lowest BCUT2D eigenvalue weighted by molar-refractivity contribution is -0.206. The van der Waals surface area contributed by atoms with Gasteiger partial charge in [0.15, 0.2) is 6.61 Å². The second kappa shape index (κ2) is 11.6. The van der Waals surface area contributed by atoms with Crippen molar-refractivity contribution in [2.24, 2.45) is 0 Å². The summed E-state index contributed by atoms with van der Waals surface area (Å²) < 4.78 is 21.8. The molecule has 0 aliphatic carbocycles. The molecule has 8 nitrogen and oxygen atoms in total.